The minimum Gasteiger partial charge on any atom is -0.388 e. The molecule has 0 N–H and O–H groups in total. The van der Waals surface area contributed by atoms with Crippen LogP contribution in [0.4, 0.5) is 0 Å². The first kappa shape index (κ1) is 14.5. The van der Waals surface area contributed by atoms with Gasteiger partial charge in [-0.1, -0.05) is 36.4 Å². The molecule has 0 aliphatic rings. The van der Waals surface area contributed by atoms with Crippen LogP contribution < -0.4 is 9.05 Å². The molecule has 0 aliphatic heterocycles. The summed E-state index contributed by atoms with van der Waals surface area (Å²) in [7, 11) is -2.25. The molecule has 0 amide bonds. The van der Waals surface area contributed by atoms with Crippen LogP contribution in [0.3, 0.4) is 0 Å². The Hall–Kier alpha value is -1.86. The largest absolute Gasteiger partial charge is 0.492 e. The molecule has 20 heavy (non-hydrogen) atoms. The highest BCUT2D eigenvalue weighted by molar-refractivity contribution is 7.34. The van der Waals surface area contributed by atoms with Gasteiger partial charge < -0.3 is 9.05 Å². The van der Waals surface area contributed by atoms with Gasteiger partial charge in [0.15, 0.2) is 0 Å². The lowest BCUT2D eigenvalue weighted by atomic mass is 10.1. The van der Waals surface area contributed by atoms with Crippen molar-refractivity contribution in [2.75, 3.05) is 0 Å². The van der Waals surface area contributed by atoms with Gasteiger partial charge in [0.1, 0.15) is 11.5 Å². The van der Waals surface area contributed by atoms with Crippen molar-refractivity contribution in [1.29, 1.82) is 0 Å². The van der Waals surface area contributed by atoms with Crippen molar-refractivity contribution in [2.45, 2.75) is 27.7 Å². The summed E-state index contributed by atoms with van der Waals surface area (Å²) in [6, 6.07) is 11.6. The van der Waals surface area contributed by atoms with Crippen LogP contribution in [0.2, 0.25) is 0 Å². The first-order chi connectivity index (χ1) is 9.49. The van der Waals surface area contributed by atoms with Crippen LogP contribution in [0.15, 0.2) is 36.4 Å². The molecule has 3 nitrogen and oxygen atoms in total. The molecule has 2 aromatic carbocycles. The van der Waals surface area contributed by atoms with E-state index in [1.807, 2.05) is 64.1 Å². The van der Waals surface area contributed by atoms with Crippen molar-refractivity contribution in [1.82, 2.24) is 0 Å². The van der Waals surface area contributed by atoms with E-state index in [1.165, 1.54) is 0 Å². The quantitative estimate of drug-likeness (QED) is 0.740. The minimum absolute atomic E-state index is 0.625. The molecule has 0 saturated carbocycles. The van der Waals surface area contributed by atoms with Crippen LogP contribution in [-0.2, 0) is 4.57 Å². The van der Waals surface area contributed by atoms with Gasteiger partial charge in [-0.05, 0) is 49.9 Å². The fourth-order valence-electron chi connectivity index (χ4n) is 2.05. The summed E-state index contributed by atoms with van der Waals surface area (Å²) in [5.41, 5.74) is 3.77. The Bertz CT molecular complexity index is 554. The van der Waals surface area contributed by atoms with Crippen molar-refractivity contribution >= 4 is 8.25 Å². The zero-order valence-electron chi connectivity index (χ0n) is 12.1. The smallest absolute Gasteiger partial charge is 0.388 e. The molecule has 1 radical (unpaired) electrons. The molecular formula is C16H18O3P. The first-order valence-corrected chi connectivity index (χ1v) is 7.54. The third-order valence-corrected chi connectivity index (χ3v) is 3.81. The van der Waals surface area contributed by atoms with Gasteiger partial charge in [-0.2, -0.15) is 4.57 Å². The molecule has 0 spiro atoms. The Kier molecular flexibility index (Phi) is 4.41. The molecule has 0 unspecified atom stereocenters. The van der Waals surface area contributed by atoms with Gasteiger partial charge in [0.25, 0.3) is 0 Å². The van der Waals surface area contributed by atoms with E-state index in [1.54, 1.807) is 0 Å². The topological polar surface area (TPSA) is 35.5 Å². The number of para-hydroxylation sites is 2. The molecule has 0 aromatic heterocycles. The Labute approximate surface area is 120 Å². The lowest BCUT2D eigenvalue weighted by Crippen LogP contribution is -1.95. The molecule has 0 saturated heterocycles. The molecule has 4 heteroatoms. The molecule has 105 valence electrons. The highest BCUT2D eigenvalue weighted by Crippen LogP contribution is 2.36. The zero-order valence-corrected chi connectivity index (χ0v) is 13.0. The van der Waals surface area contributed by atoms with E-state index < -0.39 is 8.25 Å². The lowest BCUT2D eigenvalue weighted by Gasteiger charge is -2.12. The highest BCUT2D eigenvalue weighted by Gasteiger charge is 2.14. The van der Waals surface area contributed by atoms with E-state index in [2.05, 4.69) is 0 Å². The molecule has 0 heterocycles. The molecule has 2 rings (SSSR count). The number of aryl methyl sites for hydroxylation is 4. The van der Waals surface area contributed by atoms with Crippen LogP contribution >= 0.6 is 8.25 Å². The van der Waals surface area contributed by atoms with Crippen LogP contribution in [0, 0.1) is 27.7 Å². The van der Waals surface area contributed by atoms with E-state index in [0.717, 1.165) is 22.3 Å². The second-order valence-electron chi connectivity index (χ2n) is 4.85. The molecular weight excluding hydrogens is 271 g/mol. The number of hydrogen-bond donors (Lipinski definition) is 0. The second kappa shape index (κ2) is 6.06. The predicted molar refractivity (Wildman–Crippen MR) is 80.7 cm³/mol. The summed E-state index contributed by atoms with van der Waals surface area (Å²) >= 11 is 0. The fourth-order valence-corrected chi connectivity index (χ4v) is 2.97. The van der Waals surface area contributed by atoms with E-state index >= 15 is 0 Å². The number of rotatable bonds is 4. The van der Waals surface area contributed by atoms with Crippen LogP contribution in [-0.4, -0.2) is 0 Å². The van der Waals surface area contributed by atoms with Gasteiger partial charge in [0.05, 0.1) is 0 Å². The SMILES string of the molecule is Cc1cccc(C)c1O[P](=O)Oc1c(C)cccc1C. The second-order valence-corrected chi connectivity index (χ2v) is 5.66. The standard InChI is InChI=1S/C16H18O3P/c1-11-7-5-8-12(2)15(11)18-20(17)19-16-13(3)9-6-10-14(16)4/h5-10H,1-4H3. The molecule has 0 fully saturated rings. The zero-order chi connectivity index (χ0) is 14.7. The first-order valence-electron chi connectivity index (χ1n) is 6.44. The van der Waals surface area contributed by atoms with Gasteiger partial charge in [0.2, 0.25) is 0 Å². The van der Waals surface area contributed by atoms with E-state index in [0.29, 0.717) is 11.5 Å². The fraction of sp³-hybridized carbons (Fsp3) is 0.250. The maximum Gasteiger partial charge on any atom is 0.492 e. The van der Waals surface area contributed by atoms with Gasteiger partial charge in [-0.3, -0.25) is 0 Å². The summed E-state index contributed by atoms with van der Waals surface area (Å²) in [6.45, 7) is 7.68. The Morgan fingerprint density at radius 2 is 1.00 bits per heavy atom. The Balaban J connectivity index is 2.18. The molecule has 0 aliphatic carbocycles. The Morgan fingerprint density at radius 3 is 1.30 bits per heavy atom. The van der Waals surface area contributed by atoms with Gasteiger partial charge in [-0.25, -0.2) is 0 Å². The summed E-state index contributed by atoms with van der Waals surface area (Å²) in [6.07, 6.45) is 0. The summed E-state index contributed by atoms with van der Waals surface area (Å²) in [5, 5.41) is 0. The van der Waals surface area contributed by atoms with E-state index in [-0.39, 0.29) is 0 Å². The lowest BCUT2D eigenvalue weighted by molar-refractivity contribution is 0.411. The average Bonchev–Trinajstić information content (AvgIpc) is 2.39. The van der Waals surface area contributed by atoms with Gasteiger partial charge in [0, 0.05) is 0 Å². The van der Waals surface area contributed by atoms with Crippen molar-refractivity contribution in [2.24, 2.45) is 0 Å². The van der Waals surface area contributed by atoms with Crippen LogP contribution in [0.1, 0.15) is 22.3 Å². The molecule has 0 bridgehead atoms. The Morgan fingerprint density at radius 1 is 0.700 bits per heavy atom. The molecule has 2 aromatic rings. The van der Waals surface area contributed by atoms with Gasteiger partial charge in [-0.15, -0.1) is 0 Å². The average molecular weight is 289 g/mol. The minimum atomic E-state index is -2.25. The monoisotopic (exact) mass is 289 g/mol. The van der Waals surface area contributed by atoms with Crippen molar-refractivity contribution in [3.8, 4) is 11.5 Å². The molecule has 0 atom stereocenters. The maximum absolute atomic E-state index is 12.1. The van der Waals surface area contributed by atoms with Crippen LogP contribution in [0.5, 0.6) is 11.5 Å². The van der Waals surface area contributed by atoms with Crippen molar-refractivity contribution in [3.05, 3.63) is 58.7 Å². The summed E-state index contributed by atoms with van der Waals surface area (Å²) in [5.74, 6) is 1.25. The summed E-state index contributed by atoms with van der Waals surface area (Å²) < 4.78 is 23.0. The maximum atomic E-state index is 12.1. The predicted octanol–water partition coefficient (Wildman–Crippen LogP) is 5.04. The third kappa shape index (κ3) is 3.17. The van der Waals surface area contributed by atoms with Crippen molar-refractivity contribution in [3.63, 3.8) is 0 Å². The normalized spacial score (nSPS) is 10.2. The van der Waals surface area contributed by atoms with E-state index in [9.17, 15) is 4.57 Å². The van der Waals surface area contributed by atoms with E-state index in [4.69, 9.17) is 9.05 Å². The van der Waals surface area contributed by atoms with Crippen molar-refractivity contribution < 1.29 is 13.6 Å². The van der Waals surface area contributed by atoms with Gasteiger partial charge >= 0.3 is 8.25 Å². The third-order valence-electron chi connectivity index (χ3n) is 3.15. The summed E-state index contributed by atoms with van der Waals surface area (Å²) in [4.78, 5) is 0. The number of hydrogen-bond acceptors (Lipinski definition) is 3. The number of benzene rings is 2. The van der Waals surface area contributed by atoms with Crippen LogP contribution in [0.25, 0.3) is 0 Å². The highest BCUT2D eigenvalue weighted by atomic mass is 31.1.